The van der Waals surface area contributed by atoms with Gasteiger partial charge < -0.3 is 25.4 Å². The third-order valence-electron chi connectivity index (χ3n) is 4.82. The van der Waals surface area contributed by atoms with Crippen molar-refractivity contribution in [1.82, 2.24) is 4.98 Å². The van der Waals surface area contributed by atoms with Crippen LogP contribution in [0.15, 0.2) is 54.6 Å². The summed E-state index contributed by atoms with van der Waals surface area (Å²) in [6, 6.07) is 16.0. The lowest BCUT2D eigenvalue weighted by Crippen LogP contribution is -2.36. The fourth-order valence-electron chi connectivity index (χ4n) is 3.25. The van der Waals surface area contributed by atoms with Crippen LogP contribution in [0.25, 0.3) is 10.9 Å². The minimum absolute atomic E-state index is 0.167. The molecule has 2 amide bonds. The number of aromatic nitrogens is 1. The zero-order valence-corrected chi connectivity index (χ0v) is 16.3. The molecule has 1 aromatic heterocycles. The van der Waals surface area contributed by atoms with E-state index in [4.69, 9.17) is 20.2 Å². The van der Waals surface area contributed by atoms with Crippen molar-refractivity contribution in [2.75, 3.05) is 43.1 Å². The molecule has 0 radical (unpaired) electrons. The van der Waals surface area contributed by atoms with Gasteiger partial charge in [-0.3, -0.25) is 9.59 Å². The van der Waals surface area contributed by atoms with E-state index in [1.54, 1.807) is 30.3 Å². The first-order chi connectivity index (χ1) is 14.6. The quantitative estimate of drug-likeness (QED) is 0.650. The first kappa shape index (κ1) is 19.7. The van der Waals surface area contributed by atoms with Crippen LogP contribution in [0.1, 0.15) is 10.4 Å². The van der Waals surface area contributed by atoms with E-state index in [2.05, 4.69) is 10.2 Å². The summed E-state index contributed by atoms with van der Waals surface area (Å²) in [5, 5.41) is 3.67. The Morgan fingerprint density at radius 2 is 1.83 bits per heavy atom. The number of nitrogens with two attached hydrogens (primary N) is 1. The molecule has 0 atom stereocenters. The molecule has 3 aromatic rings. The van der Waals surface area contributed by atoms with Gasteiger partial charge in [-0.15, -0.1) is 0 Å². The standard InChI is InChI=1S/C22H22N4O4/c23-22(28)16-4-7-17(8-5-16)24-20(27)14-30-18-3-1-2-15-6-9-19(25-21(15)18)26-10-12-29-13-11-26/h1-9H,10-14H2,(H2,23,28)(H,24,27). The van der Waals surface area contributed by atoms with Crippen LogP contribution in [0, 0.1) is 0 Å². The summed E-state index contributed by atoms with van der Waals surface area (Å²) in [6.45, 7) is 2.77. The Hall–Kier alpha value is -3.65. The van der Waals surface area contributed by atoms with Crippen molar-refractivity contribution in [3.05, 3.63) is 60.2 Å². The Kier molecular flexibility index (Phi) is 5.76. The molecule has 30 heavy (non-hydrogen) atoms. The smallest absolute Gasteiger partial charge is 0.262 e. The highest BCUT2D eigenvalue weighted by atomic mass is 16.5. The van der Waals surface area contributed by atoms with Crippen LogP contribution in [0.2, 0.25) is 0 Å². The van der Waals surface area contributed by atoms with Crippen molar-refractivity contribution in [3.8, 4) is 5.75 Å². The van der Waals surface area contributed by atoms with Crippen molar-refractivity contribution in [2.45, 2.75) is 0 Å². The number of hydrogen-bond donors (Lipinski definition) is 2. The lowest BCUT2D eigenvalue weighted by Gasteiger charge is -2.28. The number of amides is 2. The molecule has 1 fully saturated rings. The molecule has 0 unspecified atom stereocenters. The minimum Gasteiger partial charge on any atom is -0.481 e. The van der Waals surface area contributed by atoms with Crippen LogP contribution < -0.4 is 20.7 Å². The number of nitrogens with one attached hydrogen (secondary N) is 1. The summed E-state index contributed by atoms with van der Waals surface area (Å²) in [4.78, 5) is 30.3. The molecule has 4 rings (SSSR count). The number of hydrogen-bond acceptors (Lipinski definition) is 6. The number of carbonyl (C=O) groups excluding carboxylic acids is 2. The van der Waals surface area contributed by atoms with Gasteiger partial charge in [-0.05, 0) is 42.5 Å². The molecule has 2 heterocycles. The molecular formula is C22H22N4O4. The number of rotatable bonds is 6. The van der Waals surface area contributed by atoms with E-state index in [9.17, 15) is 9.59 Å². The lowest BCUT2D eigenvalue weighted by molar-refractivity contribution is -0.118. The molecule has 0 aliphatic carbocycles. The van der Waals surface area contributed by atoms with E-state index >= 15 is 0 Å². The first-order valence-electron chi connectivity index (χ1n) is 9.65. The Morgan fingerprint density at radius 3 is 2.57 bits per heavy atom. The van der Waals surface area contributed by atoms with Crippen LogP contribution >= 0.6 is 0 Å². The highest BCUT2D eigenvalue weighted by Gasteiger charge is 2.14. The second-order valence-electron chi connectivity index (χ2n) is 6.88. The fourth-order valence-corrected chi connectivity index (χ4v) is 3.25. The number of carbonyl (C=O) groups is 2. The second kappa shape index (κ2) is 8.79. The van der Waals surface area contributed by atoms with Crippen molar-refractivity contribution in [3.63, 3.8) is 0 Å². The van der Waals surface area contributed by atoms with Crippen LogP contribution in [0.5, 0.6) is 5.75 Å². The second-order valence-corrected chi connectivity index (χ2v) is 6.88. The average molecular weight is 406 g/mol. The molecule has 154 valence electrons. The summed E-state index contributed by atoms with van der Waals surface area (Å²) < 4.78 is 11.2. The molecule has 2 aromatic carbocycles. The fraction of sp³-hybridized carbons (Fsp3) is 0.227. The largest absolute Gasteiger partial charge is 0.481 e. The Bertz CT molecular complexity index is 1060. The molecular weight excluding hydrogens is 384 g/mol. The third kappa shape index (κ3) is 4.49. The number of ether oxygens (including phenoxy) is 2. The highest BCUT2D eigenvalue weighted by Crippen LogP contribution is 2.27. The summed E-state index contributed by atoms with van der Waals surface area (Å²) in [5.74, 6) is 0.571. The average Bonchev–Trinajstić information content (AvgIpc) is 2.78. The van der Waals surface area contributed by atoms with Gasteiger partial charge in [0.1, 0.15) is 17.1 Å². The summed E-state index contributed by atoms with van der Waals surface area (Å²) in [7, 11) is 0. The van der Waals surface area contributed by atoms with E-state index < -0.39 is 5.91 Å². The predicted molar refractivity (Wildman–Crippen MR) is 114 cm³/mol. The van der Waals surface area contributed by atoms with Crippen LogP contribution in [0.4, 0.5) is 11.5 Å². The van der Waals surface area contributed by atoms with Crippen LogP contribution in [-0.2, 0) is 9.53 Å². The number of anilines is 2. The predicted octanol–water partition coefficient (Wildman–Crippen LogP) is 2.19. The normalized spacial score (nSPS) is 13.8. The number of morpholine rings is 1. The van der Waals surface area contributed by atoms with Gasteiger partial charge in [0.05, 0.1) is 13.2 Å². The minimum atomic E-state index is -0.517. The molecule has 0 spiro atoms. The number of fused-ring (bicyclic) bond motifs is 1. The molecule has 1 saturated heterocycles. The molecule has 0 bridgehead atoms. The van der Waals surface area contributed by atoms with Gasteiger partial charge in [0.25, 0.3) is 5.91 Å². The number of nitrogens with zero attached hydrogens (tertiary/aromatic N) is 2. The molecule has 3 N–H and O–H groups in total. The third-order valence-corrected chi connectivity index (χ3v) is 4.82. The lowest BCUT2D eigenvalue weighted by atomic mass is 10.2. The van der Waals surface area contributed by atoms with E-state index in [-0.39, 0.29) is 12.5 Å². The van der Waals surface area contributed by atoms with E-state index in [0.717, 1.165) is 24.3 Å². The van der Waals surface area contributed by atoms with Gasteiger partial charge in [-0.1, -0.05) is 12.1 Å². The number of para-hydroxylation sites is 1. The molecule has 1 aliphatic heterocycles. The van der Waals surface area contributed by atoms with Gasteiger partial charge in [-0.2, -0.15) is 0 Å². The van der Waals surface area contributed by atoms with Gasteiger partial charge in [-0.25, -0.2) is 4.98 Å². The Labute approximate surface area is 173 Å². The van der Waals surface area contributed by atoms with E-state index in [1.165, 1.54) is 0 Å². The summed E-state index contributed by atoms with van der Waals surface area (Å²) in [5.41, 5.74) is 6.86. The van der Waals surface area contributed by atoms with Gasteiger partial charge in [0.15, 0.2) is 6.61 Å². The molecule has 8 heteroatoms. The van der Waals surface area contributed by atoms with Crippen molar-refractivity contribution in [2.24, 2.45) is 5.73 Å². The number of benzene rings is 2. The monoisotopic (exact) mass is 406 g/mol. The SMILES string of the molecule is NC(=O)c1ccc(NC(=O)COc2cccc3ccc(N4CCOCC4)nc23)cc1. The summed E-state index contributed by atoms with van der Waals surface area (Å²) >= 11 is 0. The molecule has 0 saturated carbocycles. The van der Waals surface area contributed by atoms with Gasteiger partial charge in [0, 0.05) is 29.7 Å². The molecule has 8 nitrogen and oxygen atoms in total. The first-order valence-corrected chi connectivity index (χ1v) is 9.65. The highest BCUT2D eigenvalue weighted by molar-refractivity contribution is 5.95. The zero-order chi connectivity index (χ0) is 20.9. The van der Waals surface area contributed by atoms with Crippen LogP contribution in [0.3, 0.4) is 0 Å². The van der Waals surface area contributed by atoms with Crippen molar-refractivity contribution in [1.29, 1.82) is 0 Å². The maximum atomic E-state index is 12.3. The topological polar surface area (TPSA) is 107 Å². The van der Waals surface area contributed by atoms with Crippen molar-refractivity contribution >= 4 is 34.2 Å². The molecule has 1 aliphatic rings. The maximum Gasteiger partial charge on any atom is 0.262 e. The Morgan fingerprint density at radius 1 is 1.07 bits per heavy atom. The Balaban J connectivity index is 1.45. The number of pyridine rings is 1. The zero-order valence-electron chi connectivity index (χ0n) is 16.3. The summed E-state index contributed by atoms with van der Waals surface area (Å²) in [6.07, 6.45) is 0. The van der Waals surface area contributed by atoms with Gasteiger partial charge >= 0.3 is 0 Å². The maximum absolute atomic E-state index is 12.3. The van der Waals surface area contributed by atoms with E-state index in [1.807, 2.05) is 24.3 Å². The van der Waals surface area contributed by atoms with Crippen LogP contribution in [-0.4, -0.2) is 49.7 Å². The van der Waals surface area contributed by atoms with E-state index in [0.29, 0.717) is 35.7 Å². The van der Waals surface area contributed by atoms with Gasteiger partial charge in [0.2, 0.25) is 5.91 Å². The van der Waals surface area contributed by atoms with Crippen molar-refractivity contribution < 1.29 is 19.1 Å². The number of primary amides is 1.